The average Bonchev–Trinajstić information content (AvgIpc) is 2.96. The van der Waals surface area contributed by atoms with Crippen molar-refractivity contribution in [3.05, 3.63) is 17.0 Å². The molecule has 2 amide bonds. The molecule has 0 aliphatic carbocycles. The van der Waals surface area contributed by atoms with Gasteiger partial charge in [0.1, 0.15) is 5.60 Å². The van der Waals surface area contributed by atoms with Gasteiger partial charge in [-0.25, -0.2) is 4.79 Å². The first-order valence-corrected chi connectivity index (χ1v) is 9.11. The highest BCUT2D eigenvalue weighted by Crippen LogP contribution is 2.25. The van der Waals surface area contributed by atoms with E-state index in [0.717, 1.165) is 37.1 Å². The third kappa shape index (κ3) is 3.80. The van der Waals surface area contributed by atoms with E-state index in [-0.39, 0.29) is 18.0 Å². The summed E-state index contributed by atoms with van der Waals surface area (Å²) in [6.07, 6.45) is 3.54. The molecule has 1 unspecified atom stereocenters. The summed E-state index contributed by atoms with van der Waals surface area (Å²) >= 11 is 0. The Morgan fingerprint density at radius 1 is 1.24 bits per heavy atom. The summed E-state index contributed by atoms with van der Waals surface area (Å²) in [5.74, 6) is -0.0317. The zero-order valence-corrected chi connectivity index (χ0v) is 15.6. The summed E-state index contributed by atoms with van der Waals surface area (Å²) in [5.41, 5.74) is 1.71. The number of piperidine rings is 1. The maximum Gasteiger partial charge on any atom is 0.410 e. The number of H-pyrrole nitrogens is 1. The van der Waals surface area contributed by atoms with Gasteiger partial charge in [-0.15, -0.1) is 0 Å². The number of carbonyl (C=O) groups is 2. The predicted octanol–water partition coefficient (Wildman–Crippen LogP) is 2.72. The number of aromatic nitrogens is 2. The van der Waals surface area contributed by atoms with Crippen molar-refractivity contribution in [2.75, 3.05) is 13.1 Å². The Morgan fingerprint density at radius 3 is 2.68 bits per heavy atom. The van der Waals surface area contributed by atoms with Crippen molar-refractivity contribution in [1.29, 1.82) is 0 Å². The molecule has 25 heavy (non-hydrogen) atoms. The van der Waals surface area contributed by atoms with E-state index in [1.165, 1.54) is 0 Å². The van der Waals surface area contributed by atoms with E-state index in [0.29, 0.717) is 25.2 Å². The second-order valence-corrected chi connectivity index (χ2v) is 8.02. The smallest absolute Gasteiger partial charge is 0.410 e. The zero-order chi connectivity index (χ0) is 18.2. The number of hydrogen-bond acceptors (Lipinski definition) is 4. The van der Waals surface area contributed by atoms with E-state index >= 15 is 0 Å². The number of hydrogen-bond donors (Lipinski definition) is 1. The largest absolute Gasteiger partial charge is 0.444 e. The van der Waals surface area contributed by atoms with Gasteiger partial charge in [0.2, 0.25) is 0 Å². The standard InChI is InChI=1S/C18H28N4O3/c1-12-7-5-6-9-22(12)16(23)15-13-11-21(10-8-14(13)19-20-15)17(24)25-18(2,3)4/h12H,5-11H2,1-4H3,(H,19,20). The number of ether oxygens (including phenoxy) is 1. The molecule has 1 saturated heterocycles. The first kappa shape index (κ1) is 17.8. The van der Waals surface area contributed by atoms with Crippen molar-refractivity contribution in [2.45, 2.75) is 71.6 Å². The molecule has 2 aliphatic rings. The van der Waals surface area contributed by atoms with Gasteiger partial charge in [0.15, 0.2) is 5.69 Å². The molecule has 1 fully saturated rings. The Hall–Kier alpha value is -2.05. The van der Waals surface area contributed by atoms with E-state index in [9.17, 15) is 9.59 Å². The SMILES string of the molecule is CC1CCCCN1C(=O)c1n[nH]c2c1CN(C(=O)OC(C)(C)C)CC2. The van der Waals surface area contributed by atoms with E-state index < -0.39 is 5.60 Å². The lowest BCUT2D eigenvalue weighted by atomic mass is 10.0. The molecule has 7 nitrogen and oxygen atoms in total. The van der Waals surface area contributed by atoms with Crippen LogP contribution in [0, 0.1) is 0 Å². The topological polar surface area (TPSA) is 78.5 Å². The number of nitrogens with zero attached hydrogens (tertiary/aromatic N) is 3. The lowest BCUT2D eigenvalue weighted by Gasteiger charge is -2.34. The van der Waals surface area contributed by atoms with Crippen LogP contribution in [-0.4, -0.2) is 56.7 Å². The number of nitrogens with one attached hydrogen (secondary N) is 1. The van der Waals surface area contributed by atoms with Gasteiger partial charge < -0.3 is 14.5 Å². The molecule has 7 heteroatoms. The van der Waals surface area contributed by atoms with Gasteiger partial charge in [0.05, 0.1) is 6.54 Å². The molecule has 138 valence electrons. The van der Waals surface area contributed by atoms with E-state index in [1.54, 1.807) is 4.90 Å². The number of likely N-dealkylation sites (tertiary alicyclic amines) is 1. The zero-order valence-electron chi connectivity index (χ0n) is 15.6. The van der Waals surface area contributed by atoms with E-state index in [2.05, 4.69) is 17.1 Å². The highest BCUT2D eigenvalue weighted by Gasteiger charge is 2.33. The number of carbonyl (C=O) groups excluding carboxylic acids is 2. The fraction of sp³-hybridized carbons (Fsp3) is 0.722. The van der Waals surface area contributed by atoms with Crippen molar-refractivity contribution < 1.29 is 14.3 Å². The van der Waals surface area contributed by atoms with Crippen LogP contribution >= 0.6 is 0 Å². The molecule has 1 aromatic rings. The lowest BCUT2D eigenvalue weighted by molar-refractivity contribution is 0.0221. The molecule has 0 saturated carbocycles. The van der Waals surface area contributed by atoms with Gasteiger partial charge in [-0.2, -0.15) is 5.10 Å². The number of amides is 2. The Balaban J connectivity index is 1.77. The summed E-state index contributed by atoms with van der Waals surface area (Å²) < 4.78 is 5.46. The van der Waals surface area contributed by atoms with Crippen molar-refractivity contribution in [3.8, 4) is 0 Å². The van der Waals surface area contributed by atoms with Crippen molar-refractivity contribution in [3.63, 3.8) is 0 Å². The molecule has 1 atom stereocenters. The molecular weight excluding hydrogens is 320 g/mol. The highest BCUT2D eigenvalue weighted by atomic mass is 16.6. The summed E-state index contributed by atoms with van der Waals surface area (Å²) in [7, 11) is 0. The summed E-state index contributed by atoms with van der Waals surface area (Å²) in [6.45, 7) is 9.35. The van der Waals surface area contributed by atoms with Crippen LogP contribution in [0.15, 0.2) is 0 Å². The molecule has 0 radical (unpaired) electrons. The normalized spacial score (nSPS) is 21.0. The number of aromatic amines is 1. The molecule has 2 aliphatic heterocycles. The monoisotopic (exact) mass is 348 g/mol. The van der Waals surface area contributed by atoms with Crippen LogP contribution in [0.2, 0.25) is 0 Å². The summed E-state index contributed by atoms with van der Waals surface area (Å²) in [6, 6.07) is 0.235. The second-order valence-electron chi connectivity index (χ2n) is 8.02. The van der Waals surface area contributed by atoms with Crippen molar-refractivity contribution in [2.24, 2.45) is 0 Å². The molecule has 1 N–H and O–H groups in total. The Bertz CT molecular complexity index is 662. The van der Waals surface area contributed by atoms with Crippen LogP contribution in [0.4, 0.5) is 4.79 Å². The Labute approximate surface area is 148 Å². The van der Waals surface area contributed by atoms with Crippen LogP contribution < -0.4 is 0 Å². The predicted molar refractivity (Wildman–Crippen MR) is 93.3 cm³/mol. The molecular formula is C18H28N4O3. The molecule has 0 spiro atoms. The fourth-order valence-electron chi connectivity index (χ4n) is 3.49. The van der Waals surface area contributed by atoms with Crippen LogP contribution in [0.25, 0.3) is 0 Å². The third-order valence-electron chi connectivity index (χ3n) is 4.85. The molecule has 3 rings (SSSR count). The second kappa shape index (κ2) is 6.69. The van der Waals surface area contributed by atoms with E-state index in [4.69, 9.17) is 4.74 Å². The minimum atomic E-state index is -0.532. The molecule has 0 aromatic carbocycles. The Kier molecular flexibility index (Phi) is 4.75. The average molecular weight is 348 g/mol. The molecule has 1 aromatic heterocycles. The van der Waals surface area contributed by atoms with Crippen LogP contribution in [0.1, 0.15) is 68.7 Å². The summed E-state index contributed by atoms with van der Waals surface area (Å²) in [5, 5.41) is 7.27. The van der Waals surface area contributed by atoms with Crippen LogP contribution in [0.3, 0.4) is 0 Å². The highest BCUT2D eigenvalue weighted by molar-refractivity contribution is 5.94. The van der Waals surface area contributed by atoms with Crippen LogP contribution in [0.5, 0.6) is 0 Å². The maximum absolute atomic E-state index is 13.0. The first-order chi connectivity index (χ1) is 11.8. The first-order valence-electron chi connectivity index (χ1n) is 9.11. The minimum Gasteiger partial charge on any atom is -0.444 e. The van der Waals surface area contributed by atoms with Crippen molar-refractivity contribution in [1.82, 2.24) is 20.0 Å². The fourth-order valence-corrected chi connectivity index (χ4v) is 3.49. The number of rotatable bonds is 1. The minimum absolute atomic E-state index is 0.0317. The summed E-state index contributed by atoms with van der Waals surface area (Å²) in [4.78, 5) is 28.9. The van der Waals surface area contributed by atoms with E-state index in [1.807, 2.05) is 25.7 Å². The Morgan fingerprint density at radius 2 is 2.00 bits per heavy atom. The third-order valence-corrected chi connectivity index (χ3v) is 4.85. The lowest BCUT2D eigenvalue weighted by Crippen LogP contribution is -2.43. The van der Waals surface area contributed by atoms with Crippen molar-refractivity contribution >= 4 is 12.0 Å². The van der Waals surface area contributed by atoms with Gasteiger partial charge in [-0.1, -0.05) is 0 Å². The van der Waals surface area contributed by atoms with Gasteiger partial charge in [0.25, 0.3) is 5.91 Å². The number of fused-ring (bicyclic) bond motifs is 1. The van der Waals surface area contributed by atoms with Crippen LogP contribution in [-0.2, 0) is 17.7 Å². The maximum atomic E-state index is 13.0. The van der Waals surface area contributed by atoms with Gasteiger partial charge in [-0.3, -0.25) is 9.89 Å². The molecule has 0 bridgehead atoms. The van der Waals surface area contributed by atoms with Gasteiger partial charge >= 0.3 is 6.09 Å². The van der Waals surface area contributed by atoms with Gasteiger partial charge in [0, 0.05) is 36.8 Å². The van der Waals surface area contributed by atoms with Gasteiger partial charge in [-0.05, 0) is 47.0 Å². The quantitative estimate of drug-likeness (QED) is 0.846. The molecule has 3 heterocycles.